The fraction of sp³-hybridized carbons (Fsp3) is 0.615. The highest BCUT2D eigenvalue weighted by Gasteiger charge is 2.28. The lowest BCUT2D eigenvalue weighted by molar-refractivity contribution is -0.161. The zero-order valence-corrected chi connectivity index (χ0v) is 31.8. The second-order valence-electron chi connectivity index (χ2n) is 12.1. The number of rotatable bonds is 33. The number of hydrogen-bond donors (Lipinski definition) is 3. The number of carboxylic acid groups (broad SMARTS) is 1. The Hall–Kier alpha value is -3.08. The Morgan fingerprint density at radius 2 is 1.14 bits per heavy atom. The van der Waals surface area contributed by atoms with Crippen molar-refractivity contribution >= 4 is 25.7 Å². The van der Waals surface area contributed by atoms with Crippen molar-refractivity contribution in [1.29, 1.82) is 0 Å². The fourth-order valence-corrected chi connectivity index (χ4v) is 5.16. The van der Waals surface area contributed by atoms with Crippen LogP contribution in [0.15, 0.2) is 72.9 Å². The summed E-state index contributed by atoms with van der Waals surface area (Å²) in [7, 11) is -4.73. The van der Waals surface area contributed by atoms with Gasteiger partial charge >= 0.3 is 25.7 Å². The number of unbranched alkanes of at least 4 members (excludes halogenated alkanes) is 11. The number of phosphoric ester groups is 1. The van der Waals surface area contributed by atoms with Crippen LogP contribution in [0.3, 0.4) is 0 Å². The molecule has 0 aliphatic rings. The molecule has 4 N–H and O–H groups in total. The highest BCUT2D eigenvalue weighted by Crippen LogP contribution is 2.43. The molecule has 0 aromatic heterocycles. The Kier molecular flexibility index (Phi) is 32.0. The molecule has 51 heavy (non-hydrogen) atoms. The molecule has 290 valence electrons. The second-order valence-corrected chi connectivity index (χ2v) is 13.5. The number of carboxylic acids is 1. The Balaban J connectivity index is 4.62. The first kappa shape index (κ1) is 47.9. The Labute approximate surface area is 306 Å². The molecule has 0 fully saturated rings. The first-order chi connectivity index (χ1) is 24.6. The van der Waals surface area contributed by atoms with E-state index in [-0.39, 0.29) is 19.4 Å². The topological polar surface area (TPSA) is 172 Å². The fourth-order valence-electron chi connectivity index (χ4n) is 4.38. The van der Waals surface area contributed by atoms with Crippen LogP contribution in [0.5, 0.6) is 0 Å². The van der Waals surface area contributed by atoms with Crippen LogP contribution in [0.4, 0.5) is 0 Å². The molecule has 0 bridgehead atoms. The minimum absolute atomic E-state index is 0.0583. The molecule has 3 atom stereocenters. The van der Waals surface area contributed by atoms with Gasteiger partial charge in [-0.3, -0.25) is 23.4 Å². The first-order valence-electron chi connectivity index (χ1n) is 18.5. The van der Waals surface area contributed by atoms with E-state index < -0.39 is 51.1 Å². The molecule has 12 heteroatoms. The van der Waals surface area contributed by atoms with Gasteiger partial charge in [0.2, 0.25) is 0 Å². The summed E-state index contributed by atoms with van der Waals surface area (Å²) >= 11 is 0. The molecule has 0 aromatic carbocycles. The van der Waals surface area contributed by atoms with Gasteiger partial charge in [0.1, 0.15) is 12.6 Å². The molecule has 0 rings (SSSR count). The molecule has 0 heterocycles. The maximum Gasteiger partial charge on any atom is 0.472 e. The van der Waals surface area contributed by atoms with E-state index in [1.807, 2.05) is 54.7 Å². The molecule has 0 aliphatic carbocycles. The third-order valence-corrected chi connectivity index (χ3v) is 8.27. The van der Waals surface area contributed by atoms with Crippen molar-refractivity contribution in [1.82, 2.24) is 0 Å². The maximum absolute atomic E-state index is 12.5. The van der Waals surface area contributed by atoms with Gasteiger partial charge in [0.25, 0.3) is 0 Å². The van der Waals surface area contributed by atoms with Crippen LogP contribution in [0.2, 0.25) is 0 Å². The normalized spacial score (nSPS) is 14.7. The van der Waals surface area contributed by atoms with Crippen LogP contribution in [-0.4, -0.2) is 59.9 Å². The molecule has 2 unspecified atom stereocenters. The number of carbonyl (C=O) groups is 3. The van der Waals surface area contributed by atoms with E-state index in [9.17, 15) is 23.8 Å². The summed E-state index contributed by atoms with van der Waals surface area (Å²) in [5.74, 6) is -2.51. The minimum Gasteiger partial charge on any atom is -0.480 e. The van der Waals surface area contributed by atoms with Crippen LogP contribution in [0, 0.1) is 0 Å². The van der Waals surface area contributed by atoms with Crippen molar-refractivity contribution in [3.8, 4) is 0 Å². The molecule has 0 amide bonds. The van der Waals surface area contributed by atoms with Crippen LogP contribution in [0.1, 0.15) is 123 Å². The summed E-state index contributed by atoms with van der Waals surface area (Å²) in [6.07, 6.45) is 38.5. The number of phosphoric acid groups is 1. The lowest BCUT2D eigenvalue weighted by Gasteiger charge is -2.20. The SMILES string of the molecule is CC/C=C/C=C/C=C/C=C/C=C/CCCC(=O)OC(COC(=O)CCCCC/C=C/CCCCCCCCC)COP(=O)(O)OC[C@H](N)C(=O)O. The van der Waals surface area contributed by atoms with Gasteiger partial charge in [-0.25, -0.2) is 4.57 Å². The summed E-state index contributed by atoms with van der Waals surface area (Å²) in [6.45, 7) is 2.52. The smallest absolute Gasteiger partial charge is 0.472 e. The third kappa shape index (κ3) is 33.8. The molecule has 11 nitrogen and oxygen atoms in total. The Bertz CT molecular complexity index is 1140. The van der Waals surface area contributed by atoms with Crippen molar-refractivity contribution in [2.24, 2.45) is 5.73 Å². The Morgan fingerprint density at radius 1 is 0.627 bits per heavy atom. The van der Waals surface area contributed by atoms with Gasteiger partial charge in [-0.15, -0.1) is 0 Å². The van der Waals surface area contributed by atoms with Gasteiger partial charge < -0.3 is 25.2 Å². The van der Waals surface area contributed by atoms with Crippen LogP contribution in [-0.2, 0) is 37.5 Å². The minimum atomic E-state index is -4.73. The monoisotopic (exact) mass is 737 g/mol. The number of carbonyl (C=O) groups excluding carboxylic acids is 2. The van der Waals surface area contributed by atoms with Crippen LogP contribution in [0.25, 0.3) is 0 Å². The van der Waals surface area contributed by atoms with Gasteiger partial charge in [-0.1, -0.05) is 132 Å². The molecular formula is C39H64NO10P. The van der Waals surface area contributed by atoms with Gasteiger partial charge in [-0.05, 0) is 51.4 Å². The molecule has 0 aromatic rings. The van der Waals surface area contributed by atoms with Crippen molar-refractivity contribution < 1.29 is 47.5 Å². The highest BCUT2D eigenvalue weighted by atomic mass is 31.2. The van der Waals surface area contributed by atoms with E-state index in [0.717, 1.165) is 32.1 Å². The second kappa shape index (κ2) is 34.0. The lowest BCUT2D eigenvalue weighted by Crippen LogP contribution is -2.34. The van der Waals surface area contributed by atoms with Crippen molar-refractivity contribution in [2.45, 2.75) is 135 Å². The van der Waals surface area contributed by atoms with Crippen LogP contribution < -0.4 is 5.73 Å². The average molecular weight is 738 g/mol. The van der Waals surface area contributed by atoms with E-state index >= 15 is 0 Å². The van der Waals surface area contributed by atoms with Gasteiger partial charge in [0.15, 0.2) is 6.10 Å². The molecule has 0 saturated carbocycles. The number of hydrogen-bond acceptors (Lipinski definition) is 9. The van der Waals surface area contributed by atoms with Gasteiger partial charge in [0.05, 0.1) is 13.2 Å². The highest BCUT2D eigenvalue weighted by molar-refractivity contribution is 7.47. The molecular weight excluding hydrogens is 673 g/mol. The summed E-state index contributed by atoms with van der Waals surface area (Å²) < 4.78 is 32.4. The average Bonchev–Trinajstić information content (AvgIpc) is 3.10. The number of ether oxygens (including phenoxy) is 2. The summed E-state index contributed by atoms with van der Waals surface area (Å²) in [6, 6.07) is -1.54. The van der Waals surface area contributed by atoms with Gasteiger partial charge in [-0.2, -0.15) is 0 Å². The van der Waals surface area contributed by atoms with Crippen molar-refractivity contribution in [3.05, 3.63) is 72.9 Å². The third-order valence-electron chi connectivity index (χ3n) is 7.32. The predicted octanol–water partition coefficient (Wildman–Crippen LogP) is 9.00. The van der Waals surface area contributed by atoms with E-state index in [0.29, 0.717) is 19.3 Å². The lowest BCUT2D eigenvalue weighted by atomic mass is 10.1. The standard InChI is InChI=1S/C39H64NO10P/c1-3-5-7-9-11-13-15-17-19-20-22-24-26-28-30-37(41)47-32-35(33-48-51(45,46)49-34-36(40)39(43)44)50-38(42)31-29-27-25-23-21-18-16-14-12-10-8-6-4-2/h6,8,10,12,14,16,18-21,23,25,35-36H,3-5,7,9,11,13,15,17,22,24,26-34,40H2,1-2H3,(H,43,44)(H,45,46)/b8-6+,12-10+,16-14+,20-19+,21-18+,25-23+/t35?,36-/m0/s1. The van der Waals surface area contributed by atoms with Gasteiger partial charge in [0, 0.05) is 12.8 Å². The Morgan fingerprint density at radius 3 is 1.75 bits per heavy atom. The summed E-state index contributed by atoms with van der Waals surface area (Å²) in [5.41, 5.74) is 5.30. The maximum atomic E-state index is 12.5. The zero-order chi connectivity index (χ0) is 37.8. The summed E-state index contributed by atoms with van der Waals surface area (Å²) in [4.78, 5) is 45.7. The number of allylic oxidation sites excluding steroid dienone is 12. The molecule has 0 spiro atoms. The van der Waals surface area contributed by atoms with Crippen LogP contribution >= 0.6 is 7.82 Å². The quantitative estimate of drug-likeness (QED) is 0.0193. The first-order valence-corrected chi connectivity index (χ1v) is 20.0. The van der Waals surface area contributed by atoms with E-state index in [4.69, 9.17) is 24.8 Å². The molecule has 0 saturated heterocycles. The molecule has 0 aliphatic heterocycles. The van der Waals surface area contributed by atoms with Crippen molar-refractivity contribution in [3.63, 3.8) is 0 Å². The van der Waals surface area contributed by atoms with E-state index in [2.05, 4.69) is 36.6 Å². The van der Waals surface area contributed by atoms with E-state index in [1.54, 1.807) is 0 Å². The summed E-state index contributed by atoms with van der Waals surface area (Å²) in [5, 5.41) is 8.85. The van der Waals surface area contributed by atoms with Crippen molar-refractivity contribution in [2.75, 3.05) is 19.8 Å². The number of nitrogens with two attached hydrogens (primary N) is 1. The largest absolute Gasteiger partial charge is 0.480 e. The zero-order valence-electron chi connectivity index (χ0n) is 30.9. The molecule has 0 radical (unpaired) electrons. The number of esters is 2. The van der Waals surface area contributed by atoms with E-state index in [1.165, 1.54) is 44.9 Å². The number of aliphatic carboxylic acids is 1. The predicted molar refractivity (Wildman–Crippen MR) is 203 cm³/mol.